The van der Waals surface area contributed by atoms with Gasteiger partial charge in [-0.05, 0) is 30.4 Å². The Kier molecular flexibility index (Phi) is 4.66. The van der Waals surface area contributed by atoms with Crippen LogP contribution in [0.4, 0.5) is 4.39 Å². The molecule has 0 aliphatic heterocycles. The minimum absolute atomic E-state index is 0.0339. The van der Waals surface area contributed by atoms with E-state index in [9.17, 15) is 12.8 Å². The number of benzene rings is 1. The standard InChI is InChI=1S/C14H18BrFO2S/c15-10-14(8-4-1-5-9-14)11-19(17,18)13-7-3-2-6-12(13)16/h2-3,6-7H,1,4-5,8-11H2. The molecule has 0 saturated heterocycles. The SMILES string of the molecule is O=S(=O)(CC1(CBr)CCCCC1)c1ccccc1F. The van der Waals surface area contributed by atoms with Crippen LogP contribution in [0.15, 0.2) is 29.2 Å². The lowest BCUT2D eigenvalue weighted by Gasteiger charge is -2.35. The van der Waals surface area contributed by atoms with Crippen LogP contribution in [0.2, 0.25) is 0 Å². The average Bonchev–Trinajstić information content (AvgIpc) is 2.39. The Hall–Kier alpha value is -0.420. The summed E-state index contributed by atoms with van der Waals surface area (Å²) < 4.78 is 38.5. The highest BCUT2D eigenvalue weighted by Gasteiger charge is 2.37. The zero-order valence-electron chi connectivity index (χ0n) is 10.7. The summed E-state index contributed by atoms with van der Waals surface area (Å²) in [6.45, 7) is 0. The zero-order valence-corrected chi connectivity index (χ0v) is 13.1. The molecular weight excluding hydrogens is 331 g/mol. The smallest absolute Gasteiger partial charge is 0.181 e. The van der Waals surface area contributed by atoms with E-state index in [2.05, 4.69) is 15.9 Å². The van der Waals surface area contributed by atoms with Gasteiger partial charge in [0.2, 0.25) is 0 Å². The molecule has 0 amide bonds. The van der Waals surface area contributed by atoms with Crippen LogP contribution in [0.5, 0.6) is 0 Å². The van der Waals surface area contributed by atoms with E-state index in [-0.39, 0.29) is 16.1 Å². The molecule has 1 aromatic carbocycles. The molecule has 0 spiro atoms. The monoisotopic (exact) mass is 348 g/mol. The molecule has 0 bridgehead atoms. The topological polar surface area (TPSA) is 34.1 Å². The quantitative estimate of drug-likeness (QED) is 0.772. The van der Waals surface area contributed by atoms with Gasteiger partial charge < -0.3 is 0 Å². The third-order valence-corrected chi connectivity index (χ3v) is 7.05. The molecule has 0 atom stereocenters. The van der Waals surface area contributed by atoms with Crippen molar-refractivity contribution in [2.75, 3.05) is 11.1 Å². The van der Waals surface area contributed by atoms with Crippen LogP contribution in [0.1, 0.15) is 32.1 Å². The van der Waals surface area contributed by atoms with E-state index < -0.39 is 15.7 Å². The second-order valence-electron chi connectivity index (χ2n) is 5.38. The van der Waals surface area contributed by atoms with E-state index in [1.54, 1.807) is 6.07 Å². The Balaban J connectivity index is 2.28. The number of hydrogen-bond acceptors (Lipinski definition) is 2. The van der Waals surface area contributed by atoms with Crippen LogP contribution in [0.25, 0.3) is 0 Å². The first-order chi connectivity index (χ1) is 8.99. The van der Waals surface area contributed by atoms with Gasteiger partial charge in [-0.15, -0.1) is 0 Å². The lowest BCUT2D eigenvalue weighted by Crippen LogP contribution is -2.34. The number of alkyl halides is 1. The van der Waals surface area contributed by atoms with Crippen molar-refractivity contribution in [2.24, 2.45) is 5.41 Å². The first kappa shape index (κ1) is 15.0. The maximum atomic E-state index is 13.7. The van der Waals surface area contributed by atoms with Crippen molar-refractivity contribution in [1.82, 2.24) is 0 Å². The molecule has 2 rings (SSSR count). The molecular formula is C14H18BrFO2S. The summed E-state index contributed by atoms with van der Waals surface area (Å²) in [7, 11) is -3.57. The van der Waals surface area contributed by atoms with Gasteiger partial charge in [0, 0.05) is 5.33 Å². The van der Waals surface area contributed by atoms with Crippen LogP contribution in [-0.2, 0) is 9.84 Å². The van der Waals surface area contributed by atoms with E-state index >= 15 is 0 Å². The van der Waals surface area contributed by atoms with Crippen LogP contribution >= 0.6 is 15.9 Å². The molecule has 1 fully saturated rings. The van der Waals surface area contributed by atoms with Gasteiger partial charge in [-0.1, -0.05) is 47.3 Å². The van der Waals surface area contributed by atoms with Crippen molar-refractivity contribution in [3.05, 3.63) is 30.1 Å². The van der Waals surface area contributed by atoms with Crippen LogP contribution in [0, 0.1) is 11.2 Å². The fourth-order valence-corrected chi connectivity index (χ4v) is 5.82. The minimum atomic E-state index is -3.57. The molecule has 1 aliphatic rings. The largest absolute Gasteiger partial charge is 0.224 e. The van der Waals surface area contributed by atoms with Crippen LogP contribution < -0.4 is 0 Å². The van der Waals surface area contributed by atoms with Crippen molar-refractivity contribution < 1.29 is 12.8 Å². The second-order valence-corrected chi connectivity index (χ2v) is 7.90. The molecule has 0 aromatic heterocycles. The fraction of sp³-hybridized carbons (Fsp3) is 0.571. The molecule has 1 aromatic rings. The summed E-state index contributed by atoms with van der Waals surface area (Å²) in [6.07, 6.45) is 5.06. The molecule has 2 nitrogen and oxygen atoms in total. The highest BCUT2D eigenvalue weighted by molar-refractivity contribution is 9.09. The van der Waals surface area contributed by atoms with Gasteiger partial charge >= 0.3 is 0 Å². The minimum Gasteiger partial charge on any atom is -0.224 e. The Bertz CT molecular complexity index is 536. The van der Waals surface area contributed by atoms with E-state index in [1.165, 1.54) is 18.2 Å². The first-order valence-corrected chi connectivity index (χ1v) is 9.30. The molecule has 1 saturated carbocycles. The summed E-state index contributed by atoms with van der Waals surface area (Å²) in [5.74, 6) is -0.616. The van der Waals surface area contributed by atoms with Crippen LogP contribution in [0.3, 0.4) is 0 Å². The summed E-state index contributed by atoms with van der Waals surface area (Å²) in [5, 5.41) is 0.660. The third-order valence-electron chi connectivity index (χ3n) is 3.87. The van der Waals surface area contributed by atoms with Crippen molar-refractivity contribution in [3.63, 3.8) is 0 Å². The maximum absolute atomic E-state index is 13.7. The van der Waals surface area contributed by atoms with Gasteiger partial charge in [0.1, 0.15) is 10.7 Å². The van der Waals surface area contributed by atoms with Gasteiger partial charge in [0.15, 0.2) is 9.84 Å². The molecule has 0 N–H and O–H groups in total. The maximum Gasteiger partial charge on any atom is 0.181 e. The zero-order chi connectivity index (χ0) is 13.9. The van der Waals surface area contributed by atoms with E-state index in [1.807, 2.05) is 0 Å². The van der Waals surface area contributed by atoms with Gasteiger partial charge in [0.05, 0.1) is 5.75 Å². The normalized spacial score (nSPS) is 19.3. The van der Waals surface area contributed by atoms with Crippen molar-refractivity contribution in [2.45, 2.75) is 37.0 Å². The van der Waals surface area contributed by atoms with Gasteiger partial charge in [0.25, 0.3) is 0 Å². The van der Waals surface area contributed by atoms with Gasteiger partial charge in [-0.25, -0.2) is 12.8 Å². The molecule has 19 heavy (non-hydrogen) atoms. The summed E-state index contributed by atoms with van der Waals surface area (Å²) >= 11 is 3.45. The summed E-state index contributed by atoms with van der Waals surface area (Å²) in [5.41, 5.74) is -0.237. The highest BCUT2D eigenvalue weighted by Crippen LogP contribution is 2.40. The molecule has 0 unspecified atom stereocenters. The highest BCUT2D eigenvalue weighted by atomic mass is 79.9. The third kappa shape index (κ3) is 3.37. The predicted octanol–water partition coefficient (Wildman–Crippen LogP) is 3.94. The van der Waals surface area contributed by atoms with E-state index in [0.717, 1.165) is 32.1 Å². The average molecular weight is 349 g/mol. The van der Waals surface area contributed by atoms with Crippen molar-refractivity contribution >= 4 is 25.8 Å². The van der Waals surface area contributed by atoms with Gasteiger partial charge in [-0.2, -0.15) is 0 Å². The number of sulfone groups is 1. The van der Waals surface area contributed by atoms with Gasteiger partial charge in [-0.3, -0.25) is 0 Å². The number of rotatable bonds is 4. The molecule has 0 heterocycles. The van der Waals surface area contributed by atoms with E-state index in [4.69, 9.17) is 0 Å². The van der Waals surface area contributed by atoms with Crippen molar-refractivity contribution in [3.8, 4) is 0 Å². The van der Waals surface area contributed by atoms with Crippen molar-refractivity contribution in [1.29, 1.82) is 0 Å². The van der Waals surface area contributed by atoms with Crippen LogP contribution in [-0.4, -0.2) is 19.5 Å². The molecule has 106 valence electrons. The Morgan fingerprint density at radius 3 is 2.37 bits per heavy atom. The number of halogens is 2. The first-order valence-electron chi connectivity index (χ1n) is 6.52. The Morgan fingerprint density at radius 1 is 1.16 bits per heavy atom. The Morgan fingerprint density at radius 2 is 1.79 bits per heavy atom. The lowest BCUT2D eigenvalue weighted by molar-refractivity contribution is 0.256. The second kappa shape index (κ2) is 5.92. The summed E-state index contributed by atoms with van der Waals surface area (Å²) in [4.78, 5) is -0.166. The molecule has 5 heteroatoms. The van der Waals surface area contributed by atoms with E-state index in [0.29, 0.717) is 5.33 Å². The lowest BCUT2D eigenvalue weighted by atomic mass is 9.77. The predicted molar refractivity (Wildman–Crippen MR) is 77.8 cm³/mol. The summed E-state index contributed by atoms with van der Waals surface area (Å²) in [6, 6.07) is 5.64. The molecule has 0 radical (unpaired) electrons. The molecule has 1 aliphatic carbocycles. The Labute approximate surface area is 122 Å². The number of hydrogen-bond donors (Lipinski definition) is 0. The fourth-order valence-electron chi connectivity index (χ4n) is 2.80.